The van der Waals surface area contributed by atoms with Crippen LogP contribution in [0.2, 0.25) is 0 Å². The summed E-state index contributed by atoms with van der Waals surface area (Å²) in [6.45, 7) is 0.808. The van der Waals surface area contributed by atoms with Crippen molar-refractivity contribution in [2.75, 3.05) is 24.7 Å². The smallest absolute Gasteiger partial charge is 0.189 e. The number of thiocarbonyl (C=S) groups is 2. The molecule has 0 aromatic carbocycles. The van der Waals surface area contributed by atoms with Crippen molar-refractivity contribution in [1.29, 1.82) is 0 Å². The van der Waals surface area contributed by atoms with Crippen LogP contribution in [0.3, 0.4) is 0 Å². The summed E-state index contributed by atoms with van der Waals surface area (Å²) >= 11 is 17.6. The molecule has 3 nitrogen and oxygen atoms in total. The van der Waals surface area contributed by atoms with E-state index in [1.807, 2.05) is 0 Å². The molecule has 0 heterocycles. The minimum atomic E-state index is -0.896. The largest absolute Gasteiger partial charge is 0.486 e. The zero-order chi connectivity index (χ0) is 11.7. The molecule has 7 heteroatoms. The number of ether oxygens (including phenoxy) is 2. The molecule has 0 spiro atoms. The van der Waals surface area contributed by atoms with Gasteiger partial charge in [-0.15, -0.1) is 0 Å². The third kappa shape index (κ3) is 8.27. The molecule has 0 aromatic heterocycles. The van der Waals surface area contributed by atoms with Crippen LogP contribution in [0.15, 0.2) is 0 Å². The normalized spacial score (nSPS) is 11.9. The number of thiol groups is 2. The molecule has 0 fully saturated rings. The van der Waals surface area contributed by atoms with Gasteiger partial charge >= 0.3 is 0 Å². The first-order valence-corrected chi connectivity index (χ1v) is 6.42. The predicted octanol–water partition coefficient (Wildman–Crippen LogP) is 1.28. The third-order valence-corrected chi connectivity index (χ3v) is 2.36. The minimum absolute atomic E-state index is 0.126. The lowest BCUT2D eigenvalue weighted by molar-refractivity contribution is 0.195. The predicted molar refractivity (Wildman–Crippen MR) is 75.4 cm³/mol. The maximum atomic E-state index is 9.54. The van der Waals surface area contributed by atoms with E-state index in [1.165, 1.54) is 0 Å². The Kier molecular flexibility index (Phi) is 9.93. The van der Waals surface area contributed by atoms with Gasteiger partial charge in [0.05, 0.1) is 19.6 Å². The fraction of sp³-hybridized carbons (Fsp3) is 0.750. The van der Waals surface area contributed by atoms with Gasteiger partial charge < -0.3 is 14.6 Å². The molecule has 0 bridgehead atoms. The van der Waals surface area contributed by atoms with Crippen molar-refractivity contribution in [2.24, 2.45) is 0 Å². The topological polar surface area (TPSA) is 38.7 Å². The number of aliphatic hydroxyl groups is 1. The fourth-order valence-electron chi connectivity index (χ4n) is 0.702. The number of aliphatic hydroxyl groups excluding tert-OH is 1. The van der Waals surface area contributed by atoms with Crippen LogP contribution in [0.1, 0.15) is 6.42 Å². The van der Waals surface area contributed by atoms with Crippen molar-refractivity contribution < 1.29 is 14.6 Å². The van der Waals surface area contributed by atoms with Crippen LogP contribution in [-0.2, 0) is 9.47 Å². The van der Waals surface area contributed by atoms with Crippen LogP contribution in [0.4, 0.5) is 0 Å². The number of hydrogen-bond acceptors (Lipinski definition) is 7. The highest BCUT2D eigenvalue weighted by Gasteiger charge is 2.15. The molecule has 0 saturated heterocycles. The second-order valence-electron chi connectivity index (χ2n) is 2.56. The van der Waals surface area contributed by atoms with Crippen LogP contribution in [0, 0.1) is 0 Å². The molecule has 0 aliphatic rings. The highest BCUT2D eigenvalue weighted by molar-refractivity contribution is 7.81. The maximum Gasteiger partial charge on any atom is 0.189 e. The summed E-state index contributed by atoms with van der Waals surface area (Å²) in [5, 5.41) is 9.98. The third-order valence-electron chi connectivity index (χ3n) is 1.32. The molecule has 0 saturated carbocycles. The number of hydrogen-bond donors (Lipinski definition) is 3. The van der Waals surface area contributed by atoms with Gasteiger partial charge in [0.1, 0.15) is 6.10 Å². The molecule has 0 aromatic rings. The van der Waals surface area contributed by atoms with Gasteiger partial charge in [-0.1, -0.05) is 0 Å². The second kappa shape index (κ2) is 9.65. The zero-order valence-corrected chi connectivity index (χ0v) is 11.5. The first-order chi connectivity index (χ1) is 7.11. The molecule has 15 heavy (non-hydrogen) atoms. The van der Waals surface area contributed by atoms with Crippen LogP contribution in [-0.4, -0.2) is 46.0 Å². The van der Waals surface area contributed by atoms with Gasteiger partial charge in [0.2, 0.25) is 0 Å². The Bertz CT molecular complexity index is 210. The van der Waals surface area contributed by atoms with E-state index in [9.17, 15) is 5.11 Å². The molecule has 1 atom stereocenters. The molecule has 1 N–H and O–H groups in total. The Morgan fingerprint density at radius 3 is 2.20 bits per heavy atom. The van der Waals surface area contributed by atoms with E-state index in [2.05, 4.69) is 25.3 Å². The van der Waals surface area contributed by atoms with E-state index < -0.39 is 6.10 Å². The summed E-state index contributed by atoms with van der Waals surface area (Å²) in [5.41, 5.74) is 0. The van der Waals surface area contributed by atoms with Crippen LogP contribution < -0.4 is 0 Å². The highest BCUT2D eigenvalue weighted by atomic mass is 32.1. The first kappa shape index (κ1) is 15.4. The van der Waals surface area contributed by atoms with E-state index in [0.717, 1.165) is 0 Å². The van der Waals surface area contributed by atoms with Gasteiger partial charge in [0.15, 0.2) is 10.1 Å². The van der Waals surface area contributed by atoms with Crippen molar-refractivity contribution in [3.63, 3.8) is 0 Å². The second-order valence-corrected chi connectivity index (χ2v) is 4.31. The van der Waals surface area contributed by atoms with Gasteiger partial charge in [-0.2, -0.15) is 25.3 Å². The Morgan fingerprint density at radius 1 is 1.13 bits per heavy atom. The van der Waals surface area contributed by atoms with E-state index in [4.69, 9.17) is 33.9 Å². The van der Waals surface area contributed by atoms with Gasteiger partial charge in [-0.3, -0.25) is 0 Å². The Hall–Kier alpha value is 0.440. The molecular formula is C8H14O3S4. The molecule has 0 amide bonds. The SMILES string of the molecule is OC(CC(=S)OCCS)C(=S)OCCS. The fourth-order valence-corrected chi connectivity index (χ4v) is 1.29. The van der Waals surface area contributed by atoms with Gasteiger partial charge in [-0.05, 0) is 24.4 Å². The molecule has 0 radical (unpaired) electrons. The highest BCUT2D eigenvalue weighted by Crippen LogP contribution is 2.02. The van der Waals surface area contributed by atoms with E-state index in [1.54, 1.807) is 0 Å². The summed E-state index contributed by atoms with van der Waals surface area (Å²) in [6, 6.07) is 0. The van der Waals surface area contributed by atoms with Crippen molar-refractivity contribution in [3.8, 4) is 0 Å². The van der Waals surface area contributed by atoms with E-state index >= 15 is 0 Å². The Morgan fingerprint density at radius 2 is 1.67 bits per heavy atom. The summed E-state index contributed by atoms with van der Waals surface area (Å²) in [6.07, 6.45) is -0.721. The molecule has 0 rings (SSSR count). The van der Waals surface area contributed by atoms with Gasteiger partial charge in [0.25, 0.3) is 0 Å². The first-order valence-electron chi connectivity index (χ1n) is 4.33. The average molecular weight is 286 g/mol. The van der Waals surface area contributed by atoms with Crippen molar-refractivity contribution in [3.05, 3.63) is 0 Å². The average Bonchev–Trinajstić information content (AvgIpc) is 2.22. The maximum absolute atomic E-state index is 9.54. The molecule has 0 aliphatic heterocycles. The summed E-state index contributed by atoms with van der Waals surface area (Å²) in [7, 11) is 0. The van der Waals surface area contributed by atoms with Crippen LogP contribution >= 0.6 is 49.7 Å². The quantitative estimate of drug-likeness (QED) is 0.486. The van der Waals surface area contributed by atoms with Gasteiger partial charge in [0, 0.05) is 11.5 Å². The van der Waals surface area contributed by atoms with Crippen LogP contribution in [0.25, 0.3) is 0 Å². The summed E-state index contributed by atoms with van der Waals surface area (Å²) in [4.78, 5) is 0. The molecule has 1 unspecified atom stereocenters. The molecule has 88 valence electrons. The minimum Gasteiger partial charge on any atom is -0.486 e. The molecular weight excluding hydrogens is 272 g/mol. The Balaban J connectivity index is 3.75. The zero-order valence-electron chi connectivity index (χ0n) is 8.09. The van der Waals surface area contributed by atoms with Gasteiger partial charge in [-0.25, -0.2) is 0 Å². The number of rotatable bonds is 7. The lowest BCUT2D eigenvalue weighted by Crippen LogP contribution is -2.25. The Labute approximate surface area is 111 Å². The standard InChI is InChI=1S/C8H14O3S4/c9-6(8(15)11-2-4-13)5-7(14)10-1-3-12/h6,9,12-13H,1-5H2. The summed E-state index contributed by atoms with van der Waals surface area (Å²) in [5.74, 6) is 1.13. The monoisotopic (exact) mass is 286 g/mol. The summed E-state index contributed by atoms with van der Waals surface area (Å²) < 4.78 is 10.1. The van der Waals surface area contributed by atoms with Crippen molar-refractivity contribution >= 4 is 59.8 Å². The van der Waals surface area contributed by atoms with Crippen molar-refractivity contribution in [1.82, 2.24) is 0 Å². The van der Waals surface area contributed by atoms with Crippen LogP contribution in [0.5, 0.6) is 0 Å². The van der Waals surface area contributed by atoms with E-state index in [-0.39, 0.29) is 11.5 Å². The van der Waals surface area contributed by atoms with Crippen molar-refractivity contribution in [2.45, 2.75) is 12.5 Å². The lowest BCUT2D eigenvalue weighted by atomic mass is 10.3. The molecule has 0 aliphatic carbocycles. The lowest BCUT2D eigenvalue weighted by Gasteiger charge is -2.13. The van der Waals surface area contributed by atoms with E-state index in [0.29, 0.717) is 29.8 Å².